The third kappa shape index (κ3) is 10.6. The highest BCUT2D eigenvalue weighted by atomic mass is 16.6. The average Bonchev–Trinajstić information content (AvgIpc) is 3.25. The molecule has 0 saturated carbocycles. The molecule has 0 aliphatic carbocycles. The third-order valence-electron chi connectivity index (χ3n) is 6.75. The molecule has 0 radical (unpaired) electrons. The van der Waals surface area contributed by atoms with Gasteiger partial charge in [-0.3, -0.25) is 19.1 Å². The molecule has 202 valence electrons. The number of aryl methyl sites for hydroxylation is 1. The number of unbranched alkanes of at least 4 members (excludes halogenated alkanes) is 12. The Labute approximate surface area is 213 Å². The van der Waals surface area contributed by atoms with Crippen LogP contribution in [0.5, 0.6) is 0 Å². The summed E-state index contributed by atoms with van der Waals surface area (Å²) in [5.41, 5.74) is 8.19. The van der Waals surface area contributed by atoms with Crippen LogP contribution in [0.2, 0.25) is 0 Å². The number of ether oxygens (including phenoxy) is 2. The van der Waals surface area contributed by atoms with Crippen LogP contribution in [0.1, 0.15) is 115 Å². The highest BCUT2D eigenvalue weighted by molar-refractivity contribution is 5.69. The minimum Gasteiger partial charge on any atom is -0.463 e. The molecule has 1 aliphatic heterocycles. The monoisotopic (exact) mass is 505 g/mol. The van der Waals surface area contributed by atoms with Crippen LogP contribution < -0.4 is 11.2 Å². The molecule has 1 aromatic heterocycles. The van der Waals surface area contributed by atoms with Crippen molar-refractivity contribution in [3.63, 3.8) is 0 Å². The Hall–Kier alpha value is -2.58. The lowest BCUT2D eigenvalue weighted by atomic mass is 10.0. The third-order valence-corrected chi connectivity index (χ3v) is 6.75. The number of H-pyrrole nitrogens is 1. The topological polar surface area (TPSA) is 139 Å². The van der Waals surface area contributed by atoms with E-state index in [9.17, 15) is 14.4 Å². The molecule has 1 aromatic rings. The zero-order chi connectivity index (χ0) is 26.2. The molecular weight excluding hydrogens is 462 g/mol. The predicted octanol–water partition coefficient (Wildman–Crippen LogP) is 5.84. The Morgan fingerprint density at radius 2 is 1.67 bits per heavy atom. The second kappa shape index (κ2) is 17.0. The number of nitrogens with zero attached hydrogens (tertiary/aromatic N) is 4. The summed E-state index contributed by atoms with van der Waals surface area (Å²) in [5, 5.41) is 3.74. The number of carbonyl (C=O) groups excluding carboxylic acids is 1. The number of esters is 1. The zero-order valence-electron chi connectivity index (χ0n) is 22.0. The van der Waals surface area contributed by atoms with E-state index in [4.69, 9.17) is 15.0 Å². The van der Waals surface area contributed by atoms with Gasteiger partial charge >= 0.3 is 11.7 Å². The first-order valence-electron chi connectivity index (χ1n) is 13.6. The fraction of sp³-hybridized carbons (Fsp3) is 0.808. The maximum absolute atomic E-state index is 12.2. The van der Waals surface area contributed by atoms with Crippen molar-refractivity contribution in [3.8, 4) is 0 Å². The van der Waals surface area contributed by atoms with E-state index in [1.54, 1.807) is 6.92 Å². The summed E-state index contributed by atoms with van der Waals surface area (Å²) in [7, 11) is 0. The van der Waals surface area contributed by atoms with Gasteiger partial charge in [-0.25, -0.2) is 4.79 Å². The Kier molecular flexibility index (Phi) is 14.0. The normalized spacial score (nSPS) is 19.2. The Morgan fingerprint density at radius 1 is 1.08 bits per heavy atom. The molecule has 10 heteroatoms. The summed E-state index contributed by atoms with van der Waals surface area (Å²) in [5.74, 6) is -0.304. The van der Waals surface area contributed by atoms with E-state index in [2.05, 4.69) is 21.9 Å². The number of azide groups is 1. The van der Waals surface area contributed by atoms with Crippen LogP contribution in [0, 0.1) is 6.92 Å². The van der Waals surface area contributed by atoms with Gasteiger partial charge in [-0.05, 0) is 18.9 Å². The van der Waals surface area contributed by atoms with Gasteiger partial charge in [0.25, 0.3) is 5.56 Å². The first kappa shape index (κ1) is 29.6. The van der Waals surface area contributed by atoms with Gasteiger partial charge in [-0.15, -0.1) is 0 Å². The number of aromatic nitrogens is 2. The molecule has 1 aliphatic rings. The highest BCUT2D eigenvalue weighted by Gasteiger charge is 2.37. The molecule has 0 bridgehead atoms. The van der Waals surface area contributed by atoms with E-state index < -0.39 is 29.6 Å². The van der Waals surface area contributed by atoms with Gasteiger partial charge in [-0.1, -0.05) is 89.1 Å². The van der Waals surface area contributed by atoms with Crippen molar-refractivity contribution in [2.45, 2.75) is 129 Å². The van der Waals surface area contributed by atoms with E-state index in [-0.39, 0.29) is 19.0 Å². The van der Waals surface area contributed by atoms with Crippen LogP contribution >= 0.6 is 0 Å². The Morgan fingerprint density at radius 3 is 2.25 bits per heavy atom. The average molecular weight is 506 g/mol. The summed E-state index contributed by atoms with van der Waals surface area (Å²) in [4.78, 5) is 41.0. The number of carbonyl (C=O) groups is 1. The lowest BCUT2D eigenvalue weighted by molar-refractivity contribution is -0.148. The summed E-state index contributed by atoms with van der Waals surface area (Å²) in [6.45, 7) is 3.79. The molecule has 3 atom stereocenters. The van der Waals surface area contributed by atoms with Crippen LogP contribution in [0.3, 0.4) is 0 Å². The fourth-order valence-corrected chi connectivity index (χ4v) is 4.56. The van der Waals surface area contributed by atoms with Gasteiger partial charge in [-0.2, -0.15) is 0 Å². The maximum atomic E-state index is 12.2. The summed E-state index contributed by atoms with van der Waals surface area (Å²) >= 11 is 0. The van der Waals surface area contributed by atoms with Gasteiger partial charge in [0.1, 0.15) is 18.9 Å². The second-order valence-corrected chi connectivity index (χ2v) is 9.79. The largest absolute Gasteiger partial charge is 0.463 e. The summed E-state index contributed by atoms with van der Waals surface area (Å²) < 4.78 is 12.5. The molecule has 1 saturated heterocycles. The number of aromatic amines is 1. The van der Waals surface area contributed by atoms with Gasteiger partial charge in [0.2, 0.25) is 0 Å². The zero-order valence-corrected chi connectivity index (χ0v) is 22.0. The molecule has 2 heterocycles. The lowest BCUT2D eigenvalue weighted by Gasteiger charge is -2.17. The van der Waals surface area contributed by atoms with Crippen LogP contribution in [0.4, 0.5) is 0 Å². The SMILES string of the molecule is CCCCCCCCCCCCCCCC(=O)OC[C@H]1O[C@@H](n2cc(C)c(=O)[nH]c2=O)CC1N=[N+]=[N-]. The minimum atomic E-state index is -0.715. The first-order chi connectivity index (χ1) is 17.5. The Balaban J connectivity index is 1.60. The number of rotatable bonds is 18. The van der Waals surface area contributed by atoms with Gasteiger partial charge in [0, 0.05) is 29.5 Å². The standard InChI is InChI=1S/C26H43N5O5/c1-3-4-5-6-7-8-9-10-11-12-13-14-15-16-24(32)35-19-22-21(29-30-27)17-23(36-22)31-18-20(2)25(33)28-26(31)34/h18,21-23H,3-17,19H2,1-2H3,(H,28,33,34)/t21?,22-,23-/m1/s1. The van der Waals surface area contributed by atoms with Crippen LogP contribution in [0.15, 0.2) is 20.9 Å². The van der Waals surface area contributed by atoms with E-state index in [1.807, 2.05) is 0 Å². The highest BCUT2D eigenvalue weighted by Crippen LogP contribution is 2.30. The number of hydrogen-bond acceptors (Lipinski definition) is 6. The smallest absolute Gasteiger partial charge is 0.330 e. The summed E-state index contributed by atoms with van der Waals surface area (Å²) in [6.07, 6.45) is 16.8. The van der Waals surface area contributed by atoms with E-state index >= 15 is 0 Å². The van der Waals surface area contributed by atoms with Crippen LogP contribution in [-0.4, -0.2) is 34.3 Å². The van der Waals surface area contributed by atoms with Gasteiger partial charge < -0.3 is 9.47 Å². The minimum absolute atomic E-state index is 0.0471. The fourth-order valence-electron chi connectivity index (χ4n) is 4.56. The maximum Gasteiger partial charge on any atom is 0.330 e. The molecule has 1 fully saturated rings. The van der Waals surface area contributed by atoms with Crippen molar-refractivity contribution < 1.29 is 14.3 Å². The molecule has 10 nitrogen and oxygen atoms in total. The van der Waals surface area contributed by atoms with Gasteiger partial charge in [0.05, 0.1) is 6.04 Å². The molecule has 0 amide bonds. The van der Waals surface area contributed by atoms with Crippen molar-refractivity contribution in [2.24, 2.45) is 5.11 Å². The predicted molar refractivity (Wildman–Crippen MR) is 139 cm³/mol. The van der Waals surface area contributed by atoms with E-state index in [1.165, 1.54) is 75.0 Å². The molecule has 36 heavy (non-hydrogen) atoms. The van der Waals surface area contributed by atoms with Crippen molar-refractivity contribution >= 4 is 5.97 Å². The van der Waals surface area contributed by atoms with Gasteiger partial charge in [0.15, 0.2) is 0 Å². The molecule has 0 spiro atoms. The molecule has 1 N–H and O–H groups in total. The molecule has 0 aromatic carbocycles. The van der Waals surface area contributed by atoms with Crippen molar-refractivity contribution in [3.05, 3.63) is 43.0 Å². The summed E-state index contributed by atoms with van der Waals surface area (Å²) in [6, 6.07) is -0.580. The molecule has 2 rings (SSSR count). The lowest BCUT2D eigenvalue weighted by Crippen LogP contribution is -2.33. The second-order valence-electron chi connectivity index (χ2n) is 9.79. The van der Waals surface area contributed by atoms with Crippen molar-refractivity contribution in [2.75, 3.05) is 6.61 Å². The van der Waals surface area contributed by atoms with Crippen molar-refractivity contribution in [1.82, 2.24) is 9.55 Å². The van der Waals surface area contributed by atoms with Crippen LogP contribution in [0.25, 0.3) is 10.4 Å². The van der Waals surface area contributed by atoms with Crippen molar-refractivity contribution in [1.29, 1.82) is 0 Å². The number of nitrogens with one attached hydrogen (secondary N) is 1. The molecular formula is C26H43N5O5. The number of hydrogen-bond donors (Lipinski definition) is 1. The van der Waals surface area contributed by atoms with Crippen LogP contribution in [-0.2, 0) is 14.3 Å². The van der Waals surface area contributed by atoms with E-state index in [0.29, 0.717) is 12.0 Å². The quantitative estimate of drug-likeness (QED) is 0.0878. The Bertz CT molecular complexity index is 953. The first-order valence-corrected chi connectivity index (χ1v) is 13.6. The molecule has 1 unspecified atom stereocenters. The van der Waals surface area contributed by atoms with E-state index in [0.717, 1.165) is 19.3 Å².